The van der Waals surface area contributed by atoms with Crippen molar-refractivity contribution in [1.29, 1.82) is 0 Å². The minimum absolute atomic E-state index is 0.660. The van der Waals surface area contributed by atoms with Gasteiger partial charge in [0.2, 0.25) is 0 Å². The van der Waals surface area contributed by atoms with E-state index in [-0.39, 0.29) is 0 Å². The summed E-state index contributed by atoms with van der Waals surface area (Å²) >= 11 is 11.8. The lowest BCUT2D eigenvalue weighted by atomic mass is 10.2. The Kier molecular flexibility index (Phi) is 5.63. The monoisotopic (exact) mass is 465 g/mol. The van der Waals surface area contributed by atoms with Crippen LogP contribution in [0.3, 0.4) is 0 Å². The molecule has 106 valence electrons. The van der Waals surface area contributed by atoms with E-state index in [0.29, 0.717) is 10.8 Å². The van der Waals surface area contributed by atoms with Crippen LogP contribution in [0.1, 0.15) is 19.5 Å². The van der Waals surface area contributed by atoms with E-state index in [2.05, 4.69) is 67.7 Å². The fourth-order valence-electron chi connectivity index (χ4n) is 1.78. The Hall–Kier alpha value is -0.400. The number of rotatable bonds is 4. The molecule has 1 aromatic carbocycles. The zero-order chi connectivity index (χ0) is 14.7. The smallest absolute Gasteiger partial charge is 0.161 e. The highest BCUT2D eigenvalue weighted by molar-refractivity contribution is 14.1. The molecule has 0 fully saturated rings. The Morgan fingerprint density at radius 1 is 1.30 bits per heavy atom. The maximum atomic E-state index is 6.15. The second-order valence-corrected chi connectivity index (χ2v) is 6.51. The first-order valence-electron chi connectivity index (χ1n) is 6.32. The lowest BCUT2D eigenvalue weighted by Crippen LogP contribution is -2.07. The summed E-state index contributed by atoms with van der Waals surface area (Å²) in [7, 11) is 0. The summed E-state index contributed by atoms with van der Waals surface area (Å²) in [5.41, 5.74) is 1.97. The van der Waals surface area contributed by atoms with E-state index in [1.54, 1.807) is 0 Å². The van der Waals surface area contributed by atoms with Crippen molar-refractivity contribution < 1.29 is 0 Å². The van der Waals surface area contributed by atoms with E-state index < -0.39 is 0 Å². The summed E-state index contributed by atoms with van der Waals surface area (Å²) in [6, 6.07) is 5.76. The Bertz CT molecular complexity index is 634. The zero-order valence-electron chi connectivity index (χ0n) is 11.2. The molecule has 6 heteroatoms. The van der Waals surface area contributed by atoms with Crippen LogP contribution < -0.4 is 5.32 Å². The highest BCUT2D eigenvalue weighted by Crippen LogP contribution is 2.29. The van der Waals surface area contributed by atoms with Gasteiger partial charge in [-0.15, -0.1) is 0 Å². The van der Waals surface area contributed by atoms with E-state index in [4.69, 9.17) is 11.6 Å². The molecule has 2 rings (SSSR count). The van der Waals surface area contributed by atoms with E-state index in [9.17, 15) is 0 Å². The molecule has 1 aromatic heterocycles. The topological polar surface area (TPSA) is 37.8 Å². The lowest BCUT2D eigenvalue weighted by Gasteiger charge is -2.11. The maximum absolute atomic E-state index is 6.15. The Morgan fingerprint density at radius 3 is 2.65 bits per heavy atom. The first kappa shape index (κ1) is 16.0. The molecule has 0 saturated carbocycles. The third-order valence-electron chi connectivity index (χ3n) is 2.78. The summed E-state index contributed by atoms with van der Waals surface area (Å²) in [5, 5.41) is 3.95. The number of hydrogen-bond acceptors (Lipinski definition) is 3. The summed E-state index contributed by atoms with van der Waals surface area (Å²) in [6.45, 7) is 4.98. The number of anilines is 1. The van der Waals surface area contributed by atoms with Gasteiger partial charge in [0.1, 0.15) is 5.82 Å². The van der Waals surface area contributed by atoms with Crippen molar-refractivity contribution in [3.8, 4) is 11.4 Å². The number of aryl methyl sites for hydroxylation is 1. The molecule has 0 bridgehead atoms. The lowest BCUT2D eigenvalue weighted by molar-refractivity contribution is 0.982. The highest BCUT2D eigenvalue weighted by atomic mass is 127. The number of halogens is 3. The van der Waals surface area contributed by atoms with E-state index in [1.807, 2.05) is 18.2 Å². The molecule has 1 N–H and O–H groups in total. The quantitative estimate of drug-likeness (QED) is 0.633. The van der Waals surface area contributed by atoms with Crippen LogP contribution in [0.4, 0.5) is 5.82 Å². The van der Waals surface area contributed by atoms with Crippen molar-refractivity contribution in [3.63, 3.8) is 0 Å². The molecule has 0 amide bonds. The van der Waals surface area contributed by atoms with Crippen molar-refractivity contribution >= 4 is 55.9 Å². The first-order chi connectivity index (χ1) is 9.56. The maximum Gasteiger partial charge on any atom is 0.161 e. The van der Waals surface area contributed by atoms with E-state index in [0.717, 1.165) is 38.1 Å². The van der Waals surface area contributed by atoms with Crippen LogP contribution in [-0.4, -0.2) is 16.5 Å². The largest absolute Gasteiger partial charge is 0.369 e. The van der Waals surface area contributed by atoms with Crippen LogP contribution >= 0.6 is 50.1 Å². The molecule has 20 heavy (non-hydrogen) atoms. The van der Waals surface area contributed by atoms with Gasteiger partial charge in [-0.1, -0.05) is 18.5 Å². The summed E-state index contributed by atoms with van der Waals surface area (Å²) in [5.74, 6) is 1.58. The molecule has 0 atom stereocenters. The molecule has 2 aromatic rings. The average Bonchev–Trinajstić information content (AvgIpc) is 2.44. The van der Waals surface area contributed by atoms with Crippen LogP contribution in [0, 0.1) is 3.57 Å². The third kappa shape index (κ3) is 3.43. The van der Waals surface area contributed by atoms with Gasteiger partial charge in [-0.2, -0.15) is 0 Å². The first-order valence-corrected chi connectivity index (χ1v) is 8.57. The van der Waals surface area contributed by atoms with E-state index in [1.165, 1.54) is 0 Å². The van der Waals surface area contributed by atoms with Crippen LogP contribution in [0.25, 0.3) is 11.4 Å². The Morgan fingerprint density at radius 2 is 2.05 bits per heavy atom. The predicted octanol–water partition coefficient (Wildman–Crippen LogP) is 5.16. The normalized spacial score (nSPS) is 10.7. The van der Waals surface area contributed by atoms with Crippen molar-refractivity contribution in [1.82, 2.24) is 9.97 Å². The Balaban J connectivity index is 2.55. The van der Waals surface area contributed by atoms with Gasteiger partial charge >= 0.3 is 0 Å². The van der Waals surface area contributed by atoms with Gasteiger partial charge in [0.15, 0.2) is 5.82 Å². The van der Waals surface area contributed by atoms with E-state index >= 15 is 0 Å². The summed E-state index contributed by atoms with van der Waals surface area (Å²) < 4.78 is 1.95. The van der Waals surface area contributed by atoms with Crippen LogP contribution in [0.15, 0.2) is 22.7 Å². The highest BCUT2D eigenvalue weighted by Gasteiger charge is 2.12. The minimum Gasteiger partial charge on any atom is -0.369 e. The van der Waals surface area contributed by atoms with Crippen molar-refractivity contribution in [3.05, 3.63) is 37.0 Å². The van der Waals surface area contributed by atoms with Crippen LogP contribution in [0.5, 0.6) is 0 Å². The summed E-state index contributed by atoms with van der Waals surface area (Å²) in [4.78, 5) is 9.25. The van der Waals surface area contributed by atoms with Crippen molar-refractivity contribution in [2.24, 2.45) is 0 Å². The predicted molar refractivity (Wildman–Crippen MR) is 96.4 cm³/mol. The van der Waals surface area contributed by atoms with Crippen LogP contribution in [0.2, 0.25) is 5.02 Å². The van der Waals surface area contributed by atoms with Gasteiger partial charge in [-0.25, -0.2) is 9.97 Å². The molecule has 0 unspecified atom stereocenters. The fraction of sp³-hybridized carbons (Fsp3) is 0.286. The SMILES string of the molecule is CCNc1nc(-c2ccc(Br)c(Cl)c2)nc(CC)c1I. The van der Waals surface area contributed by atoms with Gasteiger partial charge < -0.3 is 5.32 Å². The van der Waals surface area contributed by atoms with Gasteiger partial charge in [-0.3, -0.25) is 0 Å². The zero-order valence-corrected chi connectivity index (χ0v) is 15.7. The van der Waals surface area contributed by atoms with Gasteiger partial charge in [0.05, 0.1) is 14.3 Å². The van der Waals surface area contributed by atoms with Gasteiger partial charge in [-0.05, 0) is 70.1 Å². The number of nitrogens with one attached hydrogen (secondary N) is 1. The number of hydrogen-bond donors (Lipinski definition) is 1. The van der Waals surface area contributed by atoms with Crippen LogP contribution in [-0.2, 0) is 6.42 Å². The molecule has 3 nitrogen and oxygen atoms in total. The Labute approximate surface area is 145 Å². The molecule has 0 aliphatic rings. The van der Waals surface area contributed by atoms with Crippen molar-refractivity contribution in [2.75, 3.05) is 11.9 Å². The average molecular weight is 467 g/mol. The number of benzene rings is 1. The molecular weight excluding hydrogens is 452 g/mol. The molecule has 0 aliphatic carbocycles. The molecule has 0 radical (unpaired) electrons. The number of nitrogens with zero attached hydrogens (tertiary/aromatic N) is 2. The molecule has 0 aliphatic heterocycles. The molecule has 0 saturated heterocycles. The third-order valence-corrected chi connectivity index (χ3v) is 5.14. The molecular formula is C14H14BrClIN3. The fourth-order valence-corrected chi connectivity index (χ4v) is 3.02. The second kappa shape index (κ2) is 7.04. The van der Waals surface area contributed by atoms with Gasteiger partial charge in [0, 0.05) is 16.6 Å². The minimum atomic E-state index is 0.660. The number of aromatic nitrogens is 2. The van der Waals surface area contributed by atoms with Crippen molar-refractivity contribution in [2.45, 2.75) is 20.3 Å². The second-order valence-electron chi connectivity index (χ2n) is 4.17. The molecule has 0 spiro atoms. The summed E-state index contributed by atoms with van der Waals surface area (Å²) in [6.07, 6.45) is 0.871. The molecule has 1 heterocycles. The van der Waals surface area contributed by atoms with Gasteiger partial charge in [0.25, 0.3) is 0 Å². The standard InChI is InChI=1S/C14H14BrClIN3/c1-3-11-12(17)14(18-4-2)20-13(19-11)8-5-6-9(15)10(16)7-8/h5-7H,3-4H2,1-2H3,(H,18,19,20).